The molecule has 0 atom stereocenters. The van der Waals surface area contributed by atoms with Crippen LogP contribution in [0.1, 0.15) is 5.56 Å². The molecule has 0 saturated heterocycles. The minimum atomic E-state index is 1.11. The predicted molar refractivity (Wildman–Crippen MR) is 81.8 cm³/mol. The first kappa shape index (κ1) is 11.5. The normalized spacial score (nSPS) is 10.8. The third-order valence-corrected chi connectivity index (χ3v) is 3.70. The molecule has 0 aliphatic rings. The molecule has 88 valence electrons. The quantitative estimate of drug-likeness (QED) is 0.550. The predicted octanol–water partition coefficient (Wildman–Crippen LogP) is 5.58. The summed E-state index contributed by atoms with van der Waals surface area (Å²) in [6.07, 6.45) is 0. The number of hydrogen-bond acceptors (Lipinski definition) is 0. The molecule has 3 aromatic rings. The summed E-state index contributed by atoms with van der Waals surface area (Å²) >= 11 is 3.47. The van der Waals surface area contributed by atoms with Gasteiger partial charge in [-0.2, -0.15) is 0 Å². The van der Waals surface area contributed by atoms with E-state index >= 15 is 0 Å². The van der Waals surface area contributed by atoms with Crippen molar-refractivity contribution in [3.8, 4) is 11.1 Å². The number of benzene rings is 3. The van der Waals surface area contributed by atoms with Crippen LogP contribution in [0.15, 0.2) is 65.1 Å². The van der Waals surface area contributed by atoms with E-state index in [-0.39, 0.29) is 0 Å². The number of hydrogen-bond donors (Lipinski definition) is 0. The molecule has 0 radical (unpaired) electrons. The van der Waals surface area contributed by atoms with Crippen LogP contribution in [0, 0.1) is 6.92 Å². The Bertz CT molecular complexity index is 696. The highest BCUT2D eigenvalue weighted by Gasteiger charge is 2.00. The first-order valence-electron chi connectivity index (χ1n) is 5.99. The number of rotatable bonds is 1. The van der Waals surface area contributed by atoms with E-state index in [4.69, 9.17) is 0 Å². The maximum Gasteiger partial charge on any atom is 0.0175 e. The van der Waals surface area contributed by atoms with E-state index in [1.165, 1.54) is 27.5 Å². The minimum absolute atomic E-state index is 1.11. The highest BCUT2D eigenvalue weighted by molar-refractivity contribution is 9.10. The van der Waals surface area contributed by atoms with E-state index in [9.17, 15) is 0 Å². The van der Waals surface area contributed by atoms with Gasteiger partial charge >= 0.3 is 0 Å². The van der Waals surface area contributed by atoms with Gasteiger partial charge in [-0.15, -0.1) is 0 Å². The van der Waals surface area contributed by atoms with Gasteiger partial charge in [-0.25, -0.2) is 0 Å². The summed E-state index contributed by atoms with van der Waals surface area (Å²) in [5.41, 5.74) is 3.82. The molecule has 3 aromatic carbocycles. The van der Waals surface area contributed by atoms with Gasteiger partial charge in [0.25, 0.3) is 0 Å². The van der Waals surface area contributed by atoms with Crippen LogP contribution in [0.4, 0.5) is 0 Å². The smallest absolute Gasteiger partial charge is 0.0175 e. The zero-order valence-electron chi connectivity index (χ0n) is 10.2. The van der Waals surface area contributed by atoms with Crippen LogP contribution < -0.4 is 0 Å². The Kier molecular flexibility index (Phi) is 2.92. The Balaban J connectivity index is 2.13. The zero-order chi connectivity index (χ0) is 12.5. The molecule has 0 bridgehead atoms. The van der Waals surface area contributed by atoms with Crippen LogP contribution in [-0.2, 0) is 0 Å². The van der Waals surface area contributed by atoms with E-state index in [0.29, 0.717) is 0 Å². The average Bonchev–Trinajstić information content (AvgIpc) is 2.39. The fourth-order valence-electron chi connectivity index (χ4n) is 2.19. The standard InChI is InChI=1S/C17H13Br/c1-12-2-3-16-11-15(5-4-14(16)10-12)13-6-8-17(18)9-7-13/h2-11H,1H3. The lowest BCUT2D eigenvalue weighted by molar-refractivity contribution is 1.50. The fraction of sp³-hybridized carbons (Fsp3) is 0.0588. The molecule has 18 heavy (non-hydrogen) atoms. The van der Waals surface area contributed by atoms with Crippen LogP contribution in [0.2, 0.25) is 0 Å². The summed E-state index contributed by atoms with van der Waals surface area (Å²) in [6.45, 7) is 2.13. The molecular formula is C17H13Br. The molecule has 0 N–H and O–H groups in total. The van der Waals surface area contributed by atoms with Crippen LogP contribution in [0.25, 0.3) is 21.9 Å². The van der Waals surface area contributed by atoms with Gasteiger partial charge in [0.1, 0.15) is 0 Å². The van der Waals surface area contributed by atoms with Crippen molar-refractivity contribution < 1.29 is 0 Å². The second kappa shape index (κ2) is 4.58. The highest BCUT2D eigenvalue weighted by atomic mass is 79.9. The number of fused-ring (bicyclic) bond motifs is 1. The molecule has 0 nitrogen and oxygen atoms in total. The van der Waals surface area contributed by atoms with Crippen LogP contribution >= 0.6 is 15.9 Å². The van der Waals surface area contributed by atoms with Gasteiger partial charge in [0.15, 0.2) is 0 Å². The zero-order valence-corrected chi connectivity index (χ0v) is 11.7. The first-order chi connectivity index (χ1) is 8.72. The summed E-state index contributed by atoms with van der Waals surface area (Å²) in [4.78, 5) is 0. The van der Waals surface area contributed by atoms with E-state index in [1.807, 2.05) is 0 Å². The lowest BCUT2D eigenvalue weighted by Crippen LogP contribution is -1.80. The van der Waals surface area contributed by atoms with Gasteiger partial charge in [-0.05, 0) is 47.0 Å². The fourth-order valence-corrected chi connectivity index (χ4v) is 2.45. The Hall–Kier alpha value is -1.60. The van der Waals surface area contributed by atoms with Gasteiger partial charge in [0, 0.05) is 4.47 Å². The summed E-state index contributed by atoms with van der Waals surface area (Å²) < 4.78 is 1.11. The molecule has 0 heterocycles. The molecule has 3 rings (SSSR count). The average molecular weight is 297 g/mol. The van der Waals surface area contributed by atoms with Crippen molar-refractivity contribution in [2.45, 2.75) is 6.92 Å². The summed E-state index contributed by atoms with van der Waals surface area (Å²) in [7, 11) is 0. The monoisotopic (exact) mass is 296 g/mol. The number of halogens is 1. The van der Waals surface area contributed by atoms with E-state index in [0.717, 1.165) is 4.47 Å². The van der Waals surface area contributed by atoms with Crippen molar-refractivity contribution in [3.63, 3.8) is 0 Å². The third kappa shape index (κ3) is 2.19. The summed E-state index contributed by atoms with van der Waals surface area (Å²) in [6, 6.07) is 21.6. The lowest BCUT2D eigenvalue weighted by Gasteiger charge is -2.05. The summed E-state index contributed by atoms with van der Waals surface area (Å²) in [5, 5.41) is 2.59. The number of aryl methyl sites for hydroxylation is 1. The minimum Gasteiger partial charge on any atom is -0.0587 e. The van der Waals surface area contributed by atoms with Gasteiger partial charge in [-0.3, -0.25) is 0 Å². The largest absolute Gasteiger partial charge is 0.0587 e. The summed E-state index contributed by atoms with van der Waals surface area (Å²) in [5.74, 6) is 0. The molecule has 1 heteroatoms. The first-order valence-corrected chi connectivity index (χ1v) is 6.78. The van der Waals surface area contributed by atoms with Crippen molar-refractivity contribution in [2.24, 2.45) is 0 Å². The molecule has 0 spiro atoms. The van der Waals surface area contributed by atoms with Gasteiger partial charge in [0.2, 0.25) is 0 Å². The molecule has 0 aliphatic carbocycles. The second-order valence-electron chi connectivity index (χ2n) is 4.57. The van der Waals surface area contributed by atoms with Crippen molar-refractivity contribution >= 4 is 26.7 Å². The van der Waals surface area contributed by atoms with E-state index in [1.54, 1.807) is 0 Å². The van der Waals surface area contributed by atoms with Gasteiger partial charge < -0.3 is 0 Å². The van der Waals surface area contributed by atoms with Gasteiger partial charge in [-0.1, -0.05) is 64.0 Å². The van der Waals surface area contributed by atoms with E-state index in [2.05, 4.69) is 83.5 Å². The molecule has 0 aromatic heterocycles. The molecule has 0 unspecified atom stereocenters. The topological polar surface area (TPSA) is 0 Å². The Labute approximate surface area is 115 Å². The molecule has 0 fully saturated rings. The SMILES string of the molecule is Cc1ccc2cc(-c3ccc(Br)cc3)ccc2c1. The molecular weight excluding hydrogens is 284 g/mol. The van der Waals surface area contributed by atoms with Crippen LogP contribution in [0.5, 0.6) is 0 Å². The van der Waals surface area contributed by atoms with Crippen molar-refractivity contribution in [1.82, 2.24) is 0 Å². The Morgan fingerprint density at radius 2 is 1.28 bits per heavy atom. The van der Waals surface area contributed by atoms with Crippen molar-refractivity contribution in [1.29, 1.82) is 0 Å². The van der Waals surface area contributed by atoms with Crippen molar-refractivity contribution in [3.05, 3.63) is 70.7 Å². The molecule has 0 saturated carbocycles. The Morgan fingerprint density at radius 1 is 0.667 bits per heavy atom. The maximum absolute atomic E-state index is 3.47. The lowest BCUT2D eigenvalue weighted by atomic mass is 10.0. The third-order valence-electron chi connectivity index (χ3n) is 3.17. The Morgan fingerprint density at radius 3 is 2.06 bits per heavy atom. The van der Waals surface area contributed by atoms with Crippen LogP contribution in [0.3, 0.4) is 0 Å². The van der Waals surface area contributed by atoms with E-state index < -0.39 is 0 Å². The molecule has 0 amide bonds. The van der Waals surface area contributed by atoms with Gasteiger partial charge in [0.05, 0.1) is 0 Å². The highest BCUT2D eigenvalue weighted by Crippen LogP contribution is 2.26. The van der Waals surface area contributed by atoms with Crippen LogP contribution in [-0.4, -0.2) is 0 Å². The maximum atomic E-state index is 3.47. The molecule has 0 aliphatic heterocycles. The van der Waals surface area contributed by atoms with Crippen molar-refractivity contribution in [2.75, 3.05) is 0 Å². The second-order valence-corrected chi connectivity index (χ2v) is 5.49.